The van der Waals surface area contributed by atoms with Gasteiger partial charge in [-0.25, -0.2) is 9.97 Å². The third kappa shape index (κ3) is 2.42. The molecule has 0 radical (unpaired) electrons. The molecule has 14 heavy (non-hydrogen) atoms. The minimum Gasteiger partial charge on any atom is -0.344 e. The number of aromatic nitrogens is 2. The highest BCUT2D eigenvalue weighted by molar-refractivity contribution is 5.28. The van der Waals surface area contributed by atoms with Gasteiger partial charge in [0.15, 0.2) is 0 Å². The minimum atomic E-state index is 0. The van der Waals surface area contributed by atoms with Crippen LogP contribution in [0.25, 0.3) is 0 Å². The van der Waals surface area contributed by atoms with Gasteiger partial charge in [-0.3, -0.25) is 0 Å². The van der Waals surface area contributed by atoms with E-state index in [2.05, 4.69) is 21.8 Å². The van der Waals surface area contributed by atoms with Crippen molar-refractivity contribution in [1.29, 1.82) is 0 Å². The summed E-state index contributed by atoms with van der Waals surface area (Å²) in [6, 6.07) is 1.86. The zero-order chi connectivity index (χ0) is 9.10. The van der Waals surface area contributed by atoms with Crippen molar-refractivity contribution >= 4 is 5.95 Å². The molecule has 1 saturated heterocycles. The molecule has 2 rings (SSSR count). The Labute approximate surface area is 85.0 Å². The van der Waals surface area contributed by atoms with Crippen LogP contribution in [0.1, 0.15) is 19.8 Å². The smallest absolute Gasteiger partial charge is 0.225 e. The molecule has 1 aliphatic rings. The molecule has 2 heterocycles. The average Bonchev–Trinajstić information content (AvgIpc) is 2.20. The van der Waals surface area contributed by atoms with Crippen molar-refractivity contribution < 1.29 is 0 Å². The Bertz CT molecular complexity index is 254. The van der Waals surface area contributed by atoms with Gasteiger partial charge in [-0.2, -0.15) is 0 Å². The van der Waals surface area contributed by atoms with Crippen LogP contribution in [0.5, 0.6) is 0 Å². The second-order valence-electron chi connectivity index (χ2n) is 3.72. The molecular formula is C10H18N4. The van der Waals surface area contributed by atoms with Gasteiger partial charge < -0.3 is 11.1 Å². The van der Waals surface area contributed by atoms with E-state index in [0.29, 0.717) is 0 Å². The Morgan fingerprint density at radius 3 is 2.36 bits per heavy atom. The Morgan fingerprint density at radius 2 is 1.79 bits per heavy atom. The first-order valence-electron chi connectivity index (χ1n) is 4.88. The van der Waals surface area contributed by atoms with Gasteiger partial charge in [-0.05, 0) is 24.8 Å². The molecule has 78 valence electrons. The van der Waals surface area contributed by atoms with E-state index in [4.69, 9.17) is 0 Å². The van der Waals surface area contributed by atoms with Crippen LogP contribution in [-0.2, 0) is 0 Å². The molecule has 4 nitrogen and oxygen atoms in total. The van der Waals surface area contributed by atoms with Crippen LogP contribution in [0.15, 0.2) is 18.5 Å². The highest BCUT2D eigenvalue weighted by Gasteiger charge is 2.16. The van der Waals surface area contributed by atoms with E-state index in [0.717, 1.165) is 25.0 Å². The molecule has 1 fully saturated rings. The molecule has 0 unspecified atom stereocenters. The first-order valence-corrected chi connectivity index (χ1v) is 4.88. The third-order valence-corrected chi connectivity index (χ3v) is 2.62. The van der Waals surface area contributed by atoms with Gasteiger partial charge in [0.2, 0.25) is 5.95 Å². The second-order valence-corrected chi connectivity index (χ2v) is 3.72. The summed E-state index contributed by atoms with van der Waals surface area (Å²) >= 11 is 0. The fourth-order valence-corrected chi connectivity index (χ4v) is 1.66. The van der Waals surface area contributed by atoms with Gasteiger partial charge >= 0.3 is 0 Å². The summed E-state index contributed by atoms with van der Waals surface area (Å²) < 4.78 is 0. The van der Waals surface area contributed by atoms with Crippen molar-refractivity contribution in [2.75, 3.05) is 18.0 Å². The summed E-state index contributed by atoms with van der Waals surface area (Å²) in [5, 5.41) is 0. The minimum absolute atomic E-state index is 0. The maximum Gasteiger partial charge on any atom is 0.225 e. The lowest BCUT2D eigenvalue weighted by Crippen LogP contribution is -2.33. The largest absolute Gasteiger partial charge is 0.344 e. The van der Waals surface area contributed by atoms with Gasteiger partial charge in [0.05, 0.1) is 0 Å². The molecule has 0 amide bonds. The summed E-state index contributed by atoms with van der Waals surface area (Å²) in [6.45, 7) is 4.51. The maximum atomic E-state index is 4.24. The van der Waals surface area contributed by atoms with Gasteiger partial charge in [0, 0.05) is 25.5 Å². The van der Waals surface area contributed by atoms with Gasteiger partial charge in [-0.1, -0.05) is 6.92 Å². The number of piperidine rings is 1. The lowest BCUT2D eigenvalue weighted by Gasteiger charge is -2.29. The normalized spacial score (nSPS) is 17.6. The van der Waals surface area contributed by atoms with E-state index in [1.807, 2.05) is 6.07 Å². The number of anilines is 1. The maximum absolute atomic E-state index is 4.24. The van der Waals surface area contributed by atoms with E-state index in [-0.39, 0.29) is 6.15 Å². The summed E-state index contributed by atoms with van der Waals surface area (Å²) in [6.07, 6.45) is 6.14. The SMILES string of the molecule is CC1CCN(c2ncccn2)CC1.N. The molecule has 0 spiro atoms. The second kappa shape index (κ2) is 4.91. The molecule has 4 heteroatoms. The quantitative estimate of drug-likeness (QED) is 0.741. The van der Waals surface area contributed by atoms with E-state index >= 15 is 0 Å². The van der Waals surface area contributed by atoms with Crippen LogP contribution in [0.4, 0.5) is 5.95 Å². The Balaban J connectivity index is 0.000000980. The lowest BCUT2D eigenvalue weighted by atomic mass is 10.00. The zero-order valence-corrected chi connectivity index (χ0v) is 8.69. The third-order valence-electron chi connectivity index (χ3n) is 2.62. The predicted molar refractivity (Wildman–Crippen MR) is 57.7 cm³/mol. The molecule has 0 saturated carbocycles. The Kier molecular flexibility index (Phi) is 3.83. The molecule has 1 aliphatic heterocycles. The van der Waals surface area contributed by atoms with Crippen LogP contribution in [0, 0.1) is 5.92 Å². The number of hydrogen-bond acceptors (Lipinski definition) is 4. The summed E-state index contributed by atoms with van der Waals surface area (Å²) in [7, 11) is 0. The standard InChI is InChI=1S/C10H15N3.H3N/c1-9-3-7-13(8-4-9)10-11-5-2-6-12-10;/h2,5-6,9H,3-4,7-8H2,1H3;1H3. The number of hydrogen-bond donors (Lipinski definition) is 1. The van der Waals surface area contributed by atoms with Gasteiger partial charge in [0.25, 0.3) is 0 Å². The van der Waals surface area contributed by atoms with Crippen LogP contribution in [-0.4, -0.2) is 23.1 Å². The van der Waals surface area contributed by atoms with Crippen molar-refractivity contribution in [3.05, 3.63) is 18.5 Å². The molecule has 1 aromatic heterocycles. The van der Waals surface area contributed by atoms with Crippen LogP contribution in [0.3, 0.4) is 0 Å². The molecule has 0 bridgehead atoms. The predicted octanol–water partition coefficient (Wildman–Crippen LogP) is 1.87. The molecule has 0 aromatic carbocycles. The van der Waals surface area contributed by atoms with Crippen molar-refractivity contribution in [3.63, 3.8) is 0 Å². The fourth-order valence-electron chi connectivity index (χ4n) is 1.66. The lowest BCUT2D eigenvalue weighted by molar-refractivity contribution is 0.434. The number of nitrogens with zero attached hydrogens (tertiary/aromatic N) is 3. The molecule has 0 aliphatic carbocycles. The van der Waals surface area contributed by atoms with Crippen LogP contribution >= 0.6 is 0 Å². The first kappa shape index (κ1) is 10.9. The number of rotatable bonds is 1. The molecule has 0 atom stereocenters. The van der Waals surface area contributed by atoms with E-state index < -0.39 is 0 Å². The zero-order valence-electron chi connectivity index (χ0n) is 8.69. The molecule has 1 aromatic rings. The fraction of sp³-hybridized carbons (Fsp3) is 0.600. The monoisotopic (exact) mass is 194 g/mol. The topological polar surface area (TPSA) is 64.0 Å². The van der Waals surface area contributed by atoms with Gasteiger partial charge in [0.1, 0.15) is 0 Å². The summed E-state index contributed by atoms with van der Waals surface area (Å²) in [5.41, 5.74) is 0. The molecule has 3 N–H and O–H groups in total. The Hall–Kier alpha value is -1.16. The van der Waals surface area contributed by atoms with E-state index in [9.17, 15) is 0 Å². The molecular weight excluding hydrogens is 176 g/mol. The first-order chi connectivity index (χ1) is 6.36. The van der Waals surface area contributed by atoms with Crippen LogP contribution < -0.4 is 11.1 Å². The summed E-state index contributed by atoms with van der Waals surface area (Å²) in [4.78, 5) is 10.7. The highest BCUT2D eigenvalue weighted by Crippen LogP contribution is 2.18. The van der Waals surface area contributed by atoms with Crippen molar-refractivity contribution in [2.24, 2.45) is 5.92 Å². The van der Waals surface area contributed by atoms with E-state index in [1.54, 1.807) is 12.4 Å². The van der Waals surface area contributed by atoms with Crippen molar-refractivity contribution in [3.8, 4) is 0 Å². The van der Waals surface area contributed by atoms with Crippen molar-refractivity contribution in [1.82, 2.24) is 16.1 Å². The van der Waals surface area contributed by atoms with E-state index in [1.165, 1.54) is 12.8 Å². The highest BCUT2D eigenvalue weighted by atomic mass is 15.2. The summed E-state index contributed by atoms with van der Waals surface area (Å²) in [5.74, 6) is 1.74. The van der Waals surface area contributed by atoms with Crippen LogP contribution in [0.2, 0.25) is 0 Å². The Morgan fingerprint density at radius 1 is 1.21 bits per heavy atom. The van der Waals surface area contributed by atoms with Crippen molar-refractivity contribution in [2.45, 2.75) is 19.8 Å². The average molecular weight is 194 g/mol. The van der Waals surface area contributed by atoms with Gasteiger partial charge in [-0.15, -0.1) is 0 Å².